The van der Waals surface area contributed by atoms with Gasteiger partial charge in [0.1, 0.15) is 5.41 Å². The third kappa shape index (κ3) is 5.51. The number of fused-ring (bicyclic) bond motifs is 1. The molecule has 1 heterocycles. The van der Waals surface area contributed by atoms with Crippen molar-refractivity contribution in [2.75, 3.05) is 0 Å². The third-order valence-corrected chi connectivity index (χ3v) is 7.65. The second-order valence-electron chi connectivity index (χ2n) is 10.4. The van der Waals surface area contributed by atoms with Crippen molar-refractivity contribution in [1.82, 2.24) is 4.98 Å². The molecular weight excluding hydrogens is 424 g/mol. The molecule has 1 aliphatic carbocycles. The zero-order valence-electron chi connectivity index (χ0n) is 21.9. The lowest BCUT2D eigenvalue weighted by Crippen LogP contribution is -2.26. The molecule has 1 aliphatic rings. The molecule has 0 N–H and O–H groups in total. The topological polar surface area (TPSA) is 36.7 Å². The van der Waals surface area contributed by atoms with Crippen LogP contribution in [0.5, 0.6) is 0 Å². The molecular formula is C33H40N2. The van der Waals surface area contributed by atoms with Crippen molar-refractivity contribution in [3.05, 3.63) is 88.2 Å². The Hall–Kier alpha value is -2.92. The number of benzene rings is 2. The van der Waals surface area contributed by atoms with E-state index in [2.05, 4.69) is 81.4 Å². The van der Waals surface area contributed by atoms with Crippen molar-refractivity contribution >= 4 is 0 Å². The lowest BCUT2D eigenvalue weighted by molar-refractivity contribution is 0.525. The highest BCUT2D eigenvalue weighted by molar-refractivity contribution is 5.74. The van der Waals surface area contributed by atoms with Gasteiger partial charge in [-0.05, 0) is 79.7 Å². The highest BCUT2D eigenvalue weighted by Crippen LogP contribution is 2.46. The van der Waals surface area contributed by atoms with Gasteiger partial charge in [0.15, 0.2) is 0 Å². The molecule has 1 atom stereocenters. The molecule has 0 bridgehead atoms. The first kappa shape index (κ1) is 25.2. The minimum Gasteiger partial charge on any atom is -0.256 e. The van der Waals surface area contributed by atoms with E-state index in [-0.39, 0.29) is 0 Å². The van der Waals surface area contributed by atoms with E-state index in [9.17, 15) is 5.26 Å². The number of nitrogens with zero attached hydrogens (tertiary/aromatic N) is 2. The molecule has 0 amide bonds. The number of pyridine rings is 1. The Morgan fingerprint density at radius 1 is 0.914 bits per heavy atom. The minimum atomic E-state index is -0.548. The van der Waals surface area contributed by atoms with Crippen LogP contribution in [0, 0.1) is 18.3 Å². The summed E-state index contributed by atoms with van der Waals surface area (Å²) < 4.78 is 0. The molecule has 0 saturated heterocycles. The number of hydrogen-bond acceptors (Lipinski definition) is 2. The van der Waals surface area contributed by atoms with E-state index < -0.39 is 5.41 Å². The van der Waals surface area contributed by atoms with E-state index in [4.69, 9.17) is 4.98 Å². The van der Waals surface area contributed by atoms with Crippen LogP contribution in [0.1, 0.15) is 92.4 Å². The largest absolute Gasteiger partial charge is 0.256 e. The van der Waals surface area contributed by atoms with Gasteiger partial charge >= 0.3 is 0 Å². The normalized spacial score (nSPS) is 16.7. The van der Waals surface area contributed by atoms with Gasteiger partial charge in [0.05, 0.1) is 11.8 Å². The Balaban J connectivity index is 1.88. The maximum atomic E-state index is 10.6. The predicted octanol–water partition coefficient (Wildman–Crippen LogP) is 8.47. The quantitative estimate of drug-likeness (QED) is 0.267. The van der Waals surface area contributed by atoms with Gasteiger partial charge in [-0.2, -0.15) is 5.26 Å². The number of nitriles is 1. The Morgan fingerprint density at radius 3 is 2.34 bits per heavy atom. The minimum absolute atomic E-state index is 0.548. The SMILES string of the molecule is CCCCCc1nc2c(c(-c3ccccc3)c1CCCCC)CC[C@@]2(C#N)Cc1cccc(C)c1. The van der Waals surface area contributed by atoms with Crippen LogP contribution in [0.15, 0.2) is 54.6 Å². The lowest BCUT2D eigenvalue weighted by atomic mass is 9.79. The number of unbranched alkanes of at least 4 members (excludes halogenated alkanes) is 4. The monoisotopic (exact) mass is 464 g/mol. The number of aromatic nitrogens is 1. The summed E-state index contributed by atoms with van der Waals surface area (Å²) in [6.45, 7) is 6.66. The van der Waals surface area contributed by atoms with E-state index in [1.54, 1.807) is 0 Å². The Morgan fingerprint density at radius 2 is 1.66 bits per heavy atom. The number of rotatable bonds is 11. The summed E-state index contributed by atoms with van der Waals surface area (Å²) in [4.78, 5) is 5.41. The van der Waals surface area contributed by atoms with Crippen LogP contribution >= 0.6 is 0 Å². The van der Waals surface area contributed by atoms with E-state index in [0.29, 0.717) is 0 Å². The van der Waals surface area contributed by atoms with E-state index in [1.807, 2.05) is 0 Å². The Labute approximate surface area is 212 Å². The fourth-order valence-corrected chi connectivity index (χ4v) is 5.83. The molecule has 0 unspecified atom stereocenters. The maximum absolute atomic E-state index is 10.6. The lowest BCUT2D eigenvalue weighted by Gasteiger charge is -2.25. The summed E-state index contributed by atoms with van der Waals surface area (Å²) in [5.41, 5.74) is 9.70. The van der Waals surface area contributed by atoms with Gasteiger partial charge in [-0.25, -0.2) is 0 Å². The zero-order valence-corrected chi connectivity index (χ0v) is 21.9. The van der Waals surface area contributed by atoms with Crippen LogP contribution in [-0.2, 0) is 31.1 Å². The first-order chi connectivity index (χ1) is 17.1. The van der Waals surface area contributed by atoms with Gasteiger partial charge in [-0.3, -0.25) is 4.98 Å². The Bertz CT molecular complexity index is 1170. The number of hydrogen-bond donors (Lipinski definition) is 0. The molecule has 0 radical (unpaired) electrons. The van der Waals surface area contributed by atoms with E-state index >= 15 is 0 Å². The van der Waals surface area contributed by atoms with Crippen LogP contribution in [-0.4, -0.2) is 4.98 Å². The van der Waals surface area contributed by atoms with Crippen molar-refractivity contribution in [2.45, 2.75) is 96.8 Å². The molecule has 0 spiro atoms. The van der Waals surface area contributed by atoms with Crippen LogP contribution in [0.4, 0.5) is 0 Å². The second-order valence-corrected chi connectivity index (χ2v) is 10.4. The third-order valence-electron chi connectivity index (χ3n) is 7.65. The van der Waals surface area contributed by atoms with Crippen molar-refractivity contribution in [3.63, 3.8) is 0 Å². The average Bonchev–Trinajstić information content (AvgIpc) is 3.22. The molecule has 2 heteroatoms. The summed E-state index contributed by atoms with van der Waals surface area (Å²) in [6, 6.07) is 22.3. The molecule has 35 heavy (non-hydrogen) atoms. The van der Waals surface area contributed by atoms with Crippen molar-refractivity contribution in [2.24, 2.45) is 0 Å². The summed E-state index contributed by atoms with van der Waals surface area (Å²) >= 11 is 0. The first-order valence-corrected chi connectivity index (χ1v) is 13.7. The molecule has 182 valence electrons. The molecule has 0 aliphatic heterocycles. The highest BCUT2D eigenvalue weighted by Gasteiger charge is 2.43. The summed E-state index contributed by atoms with van der Waals surface area (Å²) in [6.07, 6.45) is 11.9. The number of aryl methyl sites for hydroxylation is 2. The molecule has 0 fully saturated rings. The average molecular weight is 465 g/mol. The maximum Gasteiger partial charge on any atom is 0.104 e. The fourth-order valence-electron chi connectivity index (χ4n) is 5.83. The Kier molecular flexibility index (Phi) is 8.40. The van der Waals surface area contributed by atoms with Crippen LogP contribution in [0.3, 0.4) is 0 Å². The van der Waals surface area contributed by atoms with Crippen LogP contribution in [0.2, 0.25) is 0 Å². The summed E-state index contributed by atoms with van der Waals surface area (Å²) in [5.74, 6) is 0. The van der Waals surface area contributed by atoms with Gasteiger partial charge < -0.3 is 0 Å². The smallest absolute Gasteiger partial charge is 0.104 e. The standard InChI is InChI=1S/C33H40N2/c1-4-6-9-18-28-30(19-10-7-5-2)35-32-29(31(28)27-16-11-8-12-17-27)20-21-33(32,24-34)23-26-15-13-14-25(3)22-26/h8,11-17,22H,4-7,9-10,18-21,23H2,1-3H3/t33-/m0/s1. The molecule has 0 saturated carbocycles. The van der Waals surface area contributed by atoms with E-state index in [0.717, 1.165) is 44.2 Å². The second kappa shape index (κ2) is 11.7. The predicted molar refractivity (Wildman–Crippen MR) is 147 cm³/mol. The van der Waals surface area contributed by atoms with Crippen LogP contribution in [0.25, 0.3) is 11.1 Å². The van der Waals surface area contributed by atoms with E-state index in [1.165, 1.54) is 71.2 Å². The van der Waals surface area contributed by atoms with Crippen molar-refractivity contribution < 1.29 is 0 Å². The molecule has 4 rings (SSSR count). The molecule has 2 aromatic carbocycles. The van der Waals surface area contributed by atoms with Gasteiger partial charge in [0, 0.05) is 5.69 Å². The highest BCUT2D eigenvalue weighted by atomic mass is 14.8. The van der Waals surface area contributed by atoms with Crippen molar-refractivity contribution in [3.8, 4) is 17.2 Å². The van der Waals surface area contributed by atoms with Crippen LogP contribution < -0.4 is 0 Å². The fraction of sp³-hybridized carbons (Fsp3) is 0.455. The molecule has 2 nitrogen and oxygen atoms in total. The summed E-state index contributed by atoms with van der Waals surface area (Å²) in [7, 11) is 0. The van der Waals surface area contributed by atoms with Gasteiger partial charge in [-0.15, -0.1) is 0 Å². The van der Waals surface area contributed by atoms with Gasteiger partial charge in [-0.1, -0.05) is 99.7 Å². The molecule has 3 aromatic rings. The van der Waals surface area contributed by atoms with Gasteiger partial charge in [0.2, 0.25) is 0 Å². The zero-order chi connectivity index (χ0) is 24.7. The van der Waals surface area contributed by atoms with Gasteiger partial charge in [0.25, 0.3) is 0 Å². The summed E-state index contributed by atoms with van der Waals surface area (Å²) in [5, 5.41) is 10.6. The first-order valence-electron chi connectivity index (χ1n) is 13.7. The molecule has 1 aromatic heterocycles. The van der Waals surface area contributed by atoms with Crippen molar-refractivity contribution in [1.29, 1.82) is 5.26 Å².